The second-order valence-corrected chi connectivity index (χ2v) is 7.43. The Morgan fingerprint density at radius 2 is 2.20 bits per heavy atom. The summed E-state index contributed by atoms with van der Waals surface area (Å²) in [6, 6.07) is 3.93. The van der Waals surface area contributed by atoms with Gasteiger partial charge in [-0.05, 0) is 34.5 Å². The van der Waals surface area contributed by atoms with E-state index in [1.54, 1.807) is 11.3 Å². The van der Waals surface area contributed by atoms with Crippen molar-refractivity contribution in [2.24, 2.45) is 5.73 Å². The normalized spacial score (nSPS) is 11.9. The average molecular weight is 313 g/mol. The molecule has 7 heteroatoms. The first kappa shape index (κ1) is 13.1. The van der Waals surface area contributed by atoms with E-state index in [2.05, 4.69) is 20.7 Å². The molecular weight excluding hydrogens is 300 g/mol. The van der Waals surface area contributed by atoms with Crippen LogP contribution in [0, 0.1) is 0 Å². The second-order valence-electron chi connectivity index (χ2n) is 2.96. The fourth-order valence-electron chi connectivity index (χ4n) is 1.04. The van der Waals surface area contributed by atoms with Crippen LogP contribution in [0.1, 0.15) is 4.88 Å². The van der Waals surface area contributed by atoms with Crippen molar-refractivity contribution in [2.45, 2.75) is 6.42 Å². The molecule has 1 rings (SSSR count). The number of nitrogens with one attached hydrogen (secondary N) is 1. The molecule has 0 fully saturated rings. The molecule has 1 heterocycles. The summed E-state index contributed by atoms with van der Waals surface area (Å²) in [4.78, 5) is 1.15. The molecule has 1 aromatic heterocycles. The molecule has 0 atom stereocenters. The van der Waals surface area contributed by atoms with E-state index in [1.807, 2.05) is 12.1 Å². The molecule has 0 radical (unpaired) electrons. The number of nitrogens with two attached hydrogens (primary N) is 1. The van der Waals surface area contributed by atoms with Crippen LogP contribution in [0.2, 0.25) is 0 Å². The third kappa shape index (κ3) is 5.07. The van der Waals surface area contributed by atoms with Gasteiger partial charge in [0.1, 0.15) is 0 Å². The molecule has 0 bridgehead atoms. The molecule has 0 saturated carbocycles. The van der Waals surface area contributed by atoms with Gasteiger partial charge in [-0.15, -0.1) is 11.3 Å². The van der Waals surface area contributed by atoms with Crippen molar-refractivity contribution >= 4 is 37.3 Å². The lowest BCUT2D eigenvalue weighted by Crippen LogP contribution is -2.31. The molecule has 0 amide bonds. The fraction of sp³-hybridized carbons (Fsp3) is 0.500. The van der Waals surface area contributed by atoms with E-state index in [1.165, 1.54) is 0 Å². The maximum Gasteiger partial charge on any atom is 0.212 e. The van der Waals surface area contributed by atoms with Crippen LogP contribution in [0.4, 0.5) is 0 Å². The number of hydrogen-bond donors (Lipinski definition) is 2. The Hall–Kier alpha value is 0.0500. The van der Waals surface area contributed by atoms with Crippen LogP contribution in [0.5, 0.6) is 0 Å². The van der Waals surface area contributed by atoms with Crippen molar-refractivity contribution in [1.82, 2.24) is 4.72 Å². The monoisotopic (exact) mass is 312 g/mol. The zero-order chi connectivity index (χ0) is 11.3. The fourth-order valence-corrected chi connectivity index (χ4v) is 3.39. The minimum absolute atomic E-state index is 0.0128. The third-order valence-electron chi connectivity index (χ3n) is 1.71. The van der Waals surface area contributed by atoms with E-state index in [0.29, 0.717) is 13.0 Å². The van der Waals surface area contributed by atoms with E-state index < -0.39 is 10.0 Å². The quantitative estimate of drug-likeness (QED) is 0.821. The van der Waals surface area contributed by atoms with E-state index in [-0.39, 0.29) is 12.3 Å². The lowest BCUT2D eigenvalue weighted by molar-refractivity contribution is 0.581. The molecule has 0 saturated heterocycles. The van der Waals surface area contributed by atoms with Gasteiger partial charge in [0.05, 0.1) is 9.54 Å². The van der Waals surface area contributed by atoms with E-state index >= 15 is 0 Å². The van der Waals surface area contributed by atoms with Gasteiger partial charge in [-0.25, -0.2) is 13.1 Å². The molecule has 0 aliphatic rings. The van der Waals surface area contributed by atoms with Crippen molar-refractivity contribution < 1.29 is 8.42 Å². The zero-order valence-corrected chi connectivity index (χ0v) is 11.3. The van der Waals surface area contributed by atoms with Gasteiger partial charge < -0.3 is 5.73 Å². The maximum atomic E-state index is 11.2. The predicted octanol–water partition coefficient (Wildman–Crippen LogP) is 0.931. The second kappa shape index (κ2) is 5.95. The van der Waals surface area contributed by atoms with Crippen molar-refractivity contribution in [2.75, 3.05) is 18.8 Å². The van der Waals surface area contributed by atoms with Gasteiger partial charge >= 0.3 is 0 Å². The third-order valence-corrected chi connectivity index (χ3v) is 4.81. The Morgan fingerprint density at radius 3 is 2.73 bits per heavy atom. The van der Waals surface area contributed by atoms with Crippen LogP contribution in [0.25, 0.3) is 0 Å². The van der Waals surface area contributed by atoms with Gasteiger partial charge in [0.25, 0.3) is 0 Å². The van der Waals surface area contributed by atoms with Crippen molar-refractivity contribution in [3.63, 3.8) is 0 Å². The highest BCUT2D eigenvalue weighted by molar-refractivity contribution is 9.11. The SMILES string of the molecule is NCCS(=O)(=O)NCCc1ccc(Br)s1. The number of halogens is 1. The van der Waals surface area contributed by atoms with Gasteiger partial charge in [0.2, 0.25) is 10.0 Å². The van der Waals surface area contributed by atoms with E-state index in [4.69, 9.17) is 5.73 Å². The molecule has 0 aliphatic heterocycles. The molecule has 4 nitrogen and oxygen atoms in total. The number of thiophene rings is 1. The Kier molecular flexibility index (Phi) is 5.20. The summed E-state index contributed by atoms with van der Waals surface area (Å²) >= 11 is 4.96. The van der Waals surface area contributed by atoms with Crippen molar-refractivity contribution in [1.29, 1.82) is 0 Å². The highest BCUT2D eigenvalue weighted by Crippen LogP contribution is 2.22. The maximum absolute atomic E-state index is 11.2. The molecule has 0 aliphatic carbocycles. The first-order chi connectivity index (χ1) is 7.03. The Morgan fingerprint density at radius 1 is 1.47 bits per heavy atom. The summed E-state index contributed by atoms with van der Waals surface area (Å²) in [5.74, 6) is -0.0128. The number of hydrogen-bond acceptors (Lipinski definition) is 4. The Balaban J connectivity index is 2.33. The molecule has 86 valence electrons. The predicted molar refractivity (Wildman–Crippen MR) is 66.6 cm³/mol. The summed E-state index contributed by atoms with van der Waals surface area (Å²) in [6.45, 7) is 0.579. The topological polar surface area (TPSA) is 72.2 Å². The lowest BCUT2D eigenvalue weighted by Gasteiger charge is -2.03. The summed E-state index contributed by atoms with van der Waals surface area (Å²) in [5, 5.41) is 0. The van der Waals surface area contributed by atoms with Gasteiger partial charge in [-0.3, -0.25) is 0 Å². The molecule has 0 unspecified atom stereocenters. The van der Waals surface area contributed by atoms with Gasteiger partial charge in [-0.1, -0.05) is 0 Å². The summed E-state index contributed by atoms with van der Waals surface area (Å²) in [7, 11) is -3.18. The Bertz CT molecular complexity index is 403. The number of sulfonamides is 1. The lowest BCUT2D eigenvalue weighted by atomic mass is 10.3. The highest BCUT2D eigenvalue weighted by Gasteiger charge is 2.07. The first-order valence-corrected chi connectivity index (χ1v) is 7.71. The number of rotatable bonds is 6. The molecule has 1 aromatic rings. The Labute approximate surface area is 102 Å². The first-order valence-electron chi connectivity index (χ1n) is 4.45. The van der Waals surface area contributed by atoms with Crippen LogP contribution < -0.4 is 10.5 Å². The van der Waals surface area contributed by atoms with Crippen LogP contribution in [-0.2, 0) is 16.4 Å². The minimum Gasteiger partial charge on any atom is -0.329 e. The van der Waals surface area contributed by atoms with Crippen LogP contribution in [-0.4, -0.2) is 27.3 Å². The van der Waals surface area contributed by atoms with Gasteiger partial charge in [0.15, 0.2) is 0 Å². The standard InChI is InChI=1S/C8H13BrN2O2S2/c9-8-2-1-7(14-8)3-5-11-15(12,13)6-4-10/h1-2,11H,3-6,10H2. The van der Waals surface area contributed by atoms with Crippen molar-refractivity contribution in [3.8, 4) is 0 Å². The highest BCUT2D eigenvalue weighted by atomic mass is 79.9. The zero-order valence-electron chi connectivity index (χ0n) is 8.07. The van der Waals surface area contributed by atoms with E-state index in [0.717, 1.165) is 8.66 Å². The van der Waals surface area contributed by atoms with Crippen LogP contribution in [0.3, 0.4) is 0 Å². The van der Waals surface area contributed by atoms with Gasteiger partial charge in [-0.2, -0.15) is 0 Å². The largest absolute Gasteiger partial charge is 0.329 e. The van der Waals surface area contributed by atoms with Crippen LogP contribution >= 0.6 is 27.3 Å². The molecular formula is C8H13BrN2O2S2. The molecule has 15 heavy (non-hydrogen) atoms. The van der Waals surface area contributed by atoms with Gasteiger partial charge in [0, 0.05) is 18.0 Å². The summed E-state index contributed by atoms with van der Waals surface area (Å²) in [5.41, 5.74) is 5.18. The van der Waals surface area contributed by atoms with E-state index in [9.17, 15) is 8.42 Å². The van der Waals surface area contributed by atoms with Crippen molar-refractivity contribution in [3.05, 3.63) is 20.8 Å². The van der Waals surface area contributed by atoms with Crippen LogP contribution in [0.15, 0.2) is 15.9 Å². The average Bonchev–Trinajstić information content (AvgIpc) is 2.51. The molecule has 0 spiro atoms. The summed E-state index contributed by atoms with van der Waals surface area (Å²) < 4.78 is 26.0. The molecule has 3 N–H and O–H groups in total. The summed E-state index contributed by atoms with van der Waals surface area (Å²) in [6.07, 6.45) is 0.708. The smallest absolute Gasteiger partial charge is 0.212 e. The minimum atomic E-state index is -3.18. The molecule has 0 aromatic carbocycles.